The molecule has 0 aromatic heterocycles. The second kappa shape index (κ2) is 6.85. The zero-order valence-corrected chi connectivity index (χ0v) is 20.1. The molecule has 9 atom stereocenters. The Morgan fingerprint density at radius 2 is 1.86 bits per heavy atom. The van der Waals surface area contributed by atoms with Crippen LogP contribution in [0.15, 0.2) is 11.6 Å². The highest BCUT2D eigenvalue weighted by Crippen LogP contribution is 2.82. The van der Waals surface area contributed by atoms with Crippen LogP contribution in [0, 0.1) is 51.8 Å². The molecule has 0 N–H and O–H groups in total. The highest BCUT2D eigenvalue weighted by molar-refractivity contribution is 5.26. The summed E-state index contributed by atoms with van der Waals surface area (Å²) in [5.74, 6) is 5.48. The maximum Gasteiger partial charge on any atom is 0.0638 e. The lowest BCUT2D eigenvalue weighted by molar-refractivity contribution is -0.158. The second-order valence-corrected chi connectivity index (χ2v) is 12.8. The first-order chi connectivity index (χ1) is 13.8. The van der Waals surface area contributed by atoms with Crippen molar-refractivity contribution in [2.75, 3.05) is 7.11 Å². The number of ether oxygens (including phenoxy) is 1. The summed E-state index contributed by atoms with van der Waals surface area (Å²) >= 11 is 0. The summed E-state index contributed by atoms with van der Waals surface area (Å²) in [6, 6.07) is 0. The summed E-state index contributed by atoms with van der Waals surface area (Å²) in [5.41, 5.74) is 3.41. The van der Waals surface area contributed by atoms with E-state index in [9.17, 15) is 0 Å². The molecule has 0 aromatic carbocycles. The summed E-state index contributed by atoms with van der Waals surface area (Å²) < 4.78 is 6.28. The van der Waals surface area contributed by atoms with Gasteiger partial charge < -0.3 is 4.74 Å². The maximum atomic E-state index is 6.28. The van der Waals surface area contributed by atoms with Gasteiger partial charge in [0, 0.05) is 12.5 Å². The largest absolute Gasteiger partial charge is 0.381 e. The van der Waals surface area contributed by atoms with Crippen molar-refractivity contribution in [3.05, 3.63) is 11.6 Å². The van der Waals surface area contributed by atoms with Crippen molar-refractivity contribution in [3.8, 4) is 0 Å². The second-order valence-electron chi connectivity index (χ2n) is 12.8. The third kappa shape index (κ3) is 2.68. The van der Waals surface area contributed by atoms with Gasteiger partial charge in [-0.05, 0) is 117 Å². The van der Waals surface area contributed by atoms with Crippen LogP contribution < -0.4 is 0 Å². The lowest BCUT2D eigenvalue weighted by atomic mass is 9.45. The van der Waals surface area contributed by atoms with E-state index in [0.29, 0.717) is 22.3 Å². The molecule has 5 fully saturated rings. The highest BCUT2D eigenvalue weighted by Gasteiger charge is 2.77. The van der Waals surface area contributed by atoms with Gasteiger partial charge in [0.15, 0.2) is 0 Å². The van der Waals surface area contributed by atoms with Crippen LogP contribution >= 0.6 is 0 Å². The summed E-state index contributed by atoms with van der Waals surface area (Å²) in [7, 11) is 2.02. The first-order valence-electron chi connectivity index (χ1n) is 13.0. The van der Waals surface area contributed by atoms with E-state index in [2.05, 4.69) is 40.7 Å². The van der Waals surface area contributed by atoms with E-state index in [1.54, 1.807) is 5.57 Å². The Kier molecular flexibility index (Phi) is 4.86. The first kappa shape index (κ1) is 20.6. The van der Waals surface area contributed by atoms with Crippen molar-refractivity contribution in [1.82, 2.24) is 0 Å². The van der Waals surface area contributed by atoms with Gasteiger partial charge >= 0.3 is 0 Å². The molecule has 5 aliphatic rings. The molecule has 164 valence electrons. The van der Waals surface area contributed by atoms with E-state index in [-0.39, 0.29) is 0 Å². The molecule has 0 heterocycles. The standard InChI is InChI=1S/C28H46O/c1-18(2)8-7-9-19(3)22-10-11-23-21-16-25(29-6)28-17-20(28)12-15-27(28,5)24(21)13-14-26(22,23)4/h9,18,20-25H,7-8,10-17H2,1-6H3/b19-9-/t20?,21-,22+,23-,24-,25?,26+,27+,28?/m0/s1. The van der Waals surface area contributed by atoms with E-state index >= 15 is 0 Å². The molecule has 5 saturated carbocycles. The van der Waals surface area contributed by atoms with Gasteiger partial charge in [-0.2, -0.15) is 0 Å². The maximum absolute atomic E-state index is 6.28. The fraction of sp³-hybridized carbons (Fsp3) is 0.929. The van der Waals surface area contributed by atoms with Gasteiger partial charge in [-0.15, -0.1) is 0 Å². The lowest BCUT2D eigenvalue weighted by Gasteiger charge is -2.60. The first-order valence-corrected chi connectivity index (χ1v) is 13.0. The zero-order chi connectivity index (χ0) is 20.6. The quantitative estimate of drug-likeness (QED) is 0.432. The van der Waals surface area contributed by atoms with Crippen LogP contribution in [0.5, 0.6) is 0 Å². The number of allylic oxidation sites excluding steroid dienone is 2. The Balaban J connectivity index is 1.39. The molecule has 0 aromatic rings. The van der Waals surface area contributed by atoms with Crippen LogP contribution in [0.2, 0.25) is 0 Å². The van der Waals surface area contributed by atoms with Gasteiger partial charge in [0.05, 0.1) is 6.10 Å². The predicted molar refractivity (Wildman–Crippen MR) is 122 cm³/mol. The molecule has 0 bridgehead atoms. The van der Waals surface area contributed by atoms with Gasteiger partial charge in [0.2, 0.25) is 0 Å². The Morgan fingerprint density at radius 1 is 1.07 bits per heavy atom. The van der Waals surface area contributed by atoms with Crippen molar-refractivity contribution >= 4 is 0 Å². The molecule has 0 radical (unpaired) electrons. The average molecular weight is 399 g/mol. The minimum atomic E-state index is 0.542. The number of hydrogen-bond acceptors (Lipinski definition) is 1. The monoisotopic (exact) mass is 398 g/mol. The molecule has 0 aliphatic heterocycles. The Hall–Kier alpha value is -0.300. The molecule has 0 amide bonds. The minimum absolute atomic E-state index is 0.542. The van der Waals surface area contributed by atoms with Crippen molar-refractivity contribution in [2.45, 2.75) is 105 Å². The smallest absolute Gasteiger partial charge is 0.0638 e. The molecule has 0 saturated heterocycles. The topological polar surface area (TPSA) is 9.23 Å². The summed E-state index contributed by atoms with van der Waals surface area (Å²) in [6.45, 7) is 12.6. The predicted octanol–water partition coefficient (Wildman–Crippen LogP) is 7.65. The van der Waals surface area contributed by atoms with E-state index in [1.807, 2.05) is 7.11 Å². The molecular weight excluding hydrogens is 352 g/mol. The summed E-state index contributed by atoms with van der Waals surface area (Å²) in [6.07, 6.45) is 17.5. The van der Waals surface area contributed by atoms with E-state index in [4.69, 9.17) is 4.74 Å². The zero-order valence-electron chi connectivity index (χ0n) is 20.1. The molecule has 1 nitrogen and oxygen atoms in total. The van der Waals surface area contributed by atoms with Crippen LogP contribution in [-0.2, 0) is 4.74 Å². The Labute approximate surface area is 180 Å². The average Bonchev–Trinajstić information content (AvgIpc) is 3.18. The molecule has 1 heteroatoms. The molecule has 1 spiro atoms. The molecule has 5 aliphatic carbocycles. The third-order valence-electron chi connectivity index (χ3n) is 11.6. The Morgan fingerprint density at radius 3 is 2.55 bits per heavy atom. The summed E-state index contributed by atoms with van der Waals surface area (Å²) in [5, 5.41) is 0. The van der Waals surface area contributed by atoms with Crippen molar-refractivity contribution in [1.29, 1.82) is 0 Å². The molecule has 5 rings (SSSR count). The molecule has 3 unspecified atom stereocenters. The van der Waals surface area contributed by atoms with Crippen LogP contribution in [0.1, 0.15) is 98.8 Å². The molecular formula is C28H46O. The van der Waals surface area contributed by atoms with Crippen molar-refractivity contribution in [3.63, 3.8) is 0 Å². The minimum Gasteiger partial charge on any atom is -0.381 e. The lowest BCUT2D eigenvalue weighted by Crippen LogP contribution is -2.56. The van der Waals surface area contributed by atoms with Crippen LogP contribution in [0.4, 0.5) is 0 Å². The van der Waals surface area contributed by atoms with Gasteiger partial charge in [0.25, 0.3) is 0 Å². The highest BCUT2D eigenvalue weighted by atomic mass is 16.5. The Bertz CT molecular complexity index is 678. The summed E-state index contributed by atoms with van der Waals surface area (Å²) in [4.78, 5) is 0. The normalized spacial score (nSPS) is 53.4. The number of rotatable bonds is 5. The van der Waals surface area contributed by atoms with Crippen molar-refractivity contribution in [2.24, 2.45) is 51.8 Å². The van der Waals surface area contributed by atoms with E-state index in [1.165, 1.54) is 64.2 Å². The fourth-order valence-electron chi connectivity index (χ4n) is 10.1. The van der Waals surface area contributed by atoms with Gasteiger partial charge in [-0.1, -0.05) is 39.3 Å². The number of hydrogen-bond donors (Lipinski definition) is 0. The van der Waals surface area contributed by atoms with Gasteiger partial charge in [-0.25, -0.2) is 0 Å². The van der Waals surface area contributed by atoms with E-state index in [0.717, 1.165) is 35.5 Å². The SMILES string of the molecule is COC1C[C@H]2[C@@H]3CC[C@H](/C(C)=C\CCC(C)C)[C@@]3(C)CC[C@@H]2[C@@]2(C)CCC3CC312. The fourth-order valence-corrected chi connectivity index (χ4v) is 10.1. The molecule has 29 heavy (non-hydrogen) atoms. The van der Waals surface area contributed by atoms with Crippen LogP contribution in [-0.4, -0.2) is 13.2 Å². The third-order valence-corrected chi connectivity index (χ3v) is 11.6. The van der Waals surface area contributed by atoms with Crippen LogP contribution in [0.3, 0.4) is 0 Å². The number of fused-ring (bicyclic) bond motifs is 4. The van der Waals surface area contributed by atoms with Gasteiger partial charge in [-0.3, -0.25) is 0 Å². The van der Waals surface area contributed by atoms with Crippen molar-refractivity contribution < 1.29 is 4.74 Å². The van der Waals surface area contributed by atoms with E-state index < -0.39 is 0 Å². The number of methoxy groups -OCH3 is 1. The van der Waals surface area contributed by atoms with Gasteiger partial charge in [0.1, 0.15) is 0 Å². The van der Waals surface area contributed by atoms with Crippen LogP contribution in [0.25, 0.3) is 0 Å².